The SMILES string of the molecule is CCOC(=O)C(C)c1nc(N2CCCC2)no1. The van der Waals surface area contributed by atoms with Gasteiger partial charge < -0.3 is 14.2 Å². The monoisotopic (exact) mass is 239 g/mol. The molecule has 17 heavy (non-hydrogen) atoms. The minimum absolute atomic E-state index is 0.324. The summed E-state index contributed by atoms with van der Waals surface area (Å²) >= 11 is 0. The minimum atomic E-state index is -0.501. The molecule has 1 unspecified atom stereocenters. The first-order valence-electron chi connectivity index (χ1n) is 5.97. The highest BCUT2D eigenvalue weighted by molar-refractivity contribution is 5.76. The van der Waals surface area contributed by atoms with Crippen LogP contribution in [-0.2, 0) is 9.53 Å². The number of esters is 1. The summed E-state index contributed by atoms with van der Waals surface area (Å²) in [6.45, 7) is 5.74. The van der Waals surface area contributed by atoms with E-state index in [-0.39, 0.29) is 5.97 Å². The van der Waals surface area contributed by atoms with Gasteiger partial charge in [0.1, 0.15) is 5.92 Å². The summed E-state index contributed by atoms with van der Waals surface area (Å²) in [5.74, 6) is 0.0712. The number of anilines is 1. The molecule has 94 valence electrons. The maximum absolute atomic E-state index is 11.5. The number of hydrogen-bond acceptors (Lipinski definition) is 6. The Morgan fingerprint density at radius 3 is 2.88 bits per heavy atom. The molecule has 0 spiro atoms. The van der Waals surface area contributed by atoms with E-state index in [4.69, 9.17) is 9.26 Å². The summed E-state index contributed by atoms with van der Waals surface area (Å²) in [6, 6.07) is 0. The number of carbonyl (C=O) groups excluding carboxylic acids is 1. The van der Waals surface area contributed by atoms with Gasteiger partial charge in [0.05, 0.1) is 6.61 Å². The fourth-order valence-electron chi connectivity index (χ4n) is 1.82. The molecular weight excluding hydrogens is 222 g/mol. The van der Waals surface area contributed by atoms with Gasteiger partial charge >= 0.3 is 5.97 Å². The average molecular weight is 239 g/mol. The Morgan fingerprint density at radius 2 is 2.24 bits per heavy atom. The molecule has 1 atom stereocenters. The number of carbonyl (C=O) groups is 1. The molecule has 2 heterocycles. The number of nitrogens with zero attached hydrogens (tertiary/aromatic N) is 3. The van der Waals surface area contributed by atoms with Crippen molar-refractivity contribution in [3.05, 3.63) is 5.89 Å². The van der Waals surface area contributed by atoms with Crippen LogP contribution in [0.25, 0.3) is 0 Å². The first-order valence-corrected chi connectivity index (χ1v) is 5.97. The van der Waals surface area contributed by atoms with Crippen LogP contribution < -0.4 is 4.90 Å². The molecule has 0 bridgehead atoms. The number of ether oxygens (including phenoxy) is 1. The summed E-state index contributed by atoms with van der Waals surface area (Å²) in [5, 5.41) is 3.89. The molecule has 1 aliphatic rings. The van der Waals surface area contributed by atoms with Gasteiger partial charge in [-0.25, -0.2) is 0 Å². The maximum atomic E-state index is 11.5. The van der Waals surface area contributed by atoms with E-state index in [1.165, 1.54) is 0 Å². The molecule has 0 saturated carbocycles. The van der Waals surface area contributed by atoms with Gasteiger partial charge in [0.25, 0.3) is 5.95 Å². The van der Waals surface area contributed by atoms with Crippen molar-refractivity contribution in [2.24, 2.45) is 0 Å². The Balaban J connectivity index is 2.04. The van der Waals surface area contributed by atoms with Crippen LogP contribution in [0.4, 0.5) is 5.95 Å². The second-order valence-corrected chi connectivity index (χ2v) is 4.10. The zero-order chi connectivity index (χ0) is 12.3. The van der Waals surface area contributed by atoms with Crippen molar-refractivity contribution in [1.82, 2.24) is 10.1 Å². The normalized spacial score (nSPS) is 17.2. The van der Waals surface area contributed by atoms with Crippen molar-refractivity contribution in [3.8, 4) is 0 Å². The van der Waals surface area contributed by atoms with Crippen molar-refractivity contribution in [3.63, 3.8) is 0 Å². The molecule has 1 saturated heterocycles. The van der Waals surface area contributed by atoms with E-state index in [0.29, 0.717) is 18.4 Å². The molecule has 0 radical (unpaired) electrons. The van der Waals surface area contributed by atoms with E-state index in [1.807, 2.05) is 0 Å². The molecule has 1 fully saturated rings. The first kappa shape index (κ1) is 11.9. The topological polar surface area (TPSA) is 68.5 Å². The fourth-order valence-corrected chi connectivity index (χ4v) is 1.82. The van der Waals surface area contributed by atoms with Gasteiger partial charge in [-0.3, -0.25) is 4.79 Å². The molecule has 0 aliphatic carbocycles. The van der Waals surface area contributed by atoms with Gasteiger partial charge in [-0.15, -0.1) is 0 Å². The number of aromatic nitrogens is 2. The zero-order valence-electron chi connectivity index (χ0n) is 10.2. The molecule has 1 aliphatic heterocycles. The van der Waals surface area contributed by atoms with Gasteiger partial charge in [-0.2, -0.15) is 4.98 Å². The second-order valence-electron chi connectivity index (χ2n) is 4.10. The summed E-state index contributed by atoms with van der Waals surface area (Å²) in [7, 11) is 0. The smallest absolute Gasteiger partial charge is 0.318 e. The largest absolute Gasteiger partial charge is 0.465 e. The Bertz CT molecular complexity index is 385. The molecule has 0 amide bonds. The molecule has 1 aromatic rings. The highest BCUT2D eigenvalue weighted by Gasteiger charge is 2.25. The summed E-state index contributed by atoms with van der Waals surface area (Å²) < 4.78 is 10.0. The predicted octanol–water partition coefficient (Wildman–Crippen LogP) is 1.34. The molecule has 1 aromatic heterocycles. The standard InChI is InChI=1S/C11H17N3O3/c1-3-16-10(15)8(2)9-12-11(13-17-9)14-6-4-5-7-14/h8H,3-7H2,1-2H3. The van der Waals surface area contributed by atoms with Crippen molar-refractivity contribution in [2.45, 2.75) is 32.6 Å². The summed E-state index contributed by atoms with van der Waals surface area (Å²) in [4.78, 5) is 17.8. The van der Waals surface area contributed by atoms with Gasteiger partial charge in [-0.1, -0.05) is 0 Å². The molecule has 0 N–H and O–H groups in total. The summed E-state index contributed by atoms with van der Waals surface area (Å²) in [5.41, 5.74) is 0. The highest BCUT2D eigenvalue weighted by Crippen LogP contribution is 2.20. The van der Waals surface area contributed by atoms with Gasteiger partial charge in [-0.05, 0) is 31.8 Å². The lowest BCUT2D eigenvalue weighted by molar-refractivity contribution is -0.145. The van der Waals surface area contributed by atoms with Crippen LogP contribution in [0.5, 0.6) is 0 Å². The van der Waals surface area contributed by atoms with Gasteiger partial charge in [0.15, 0.2) is 0 Å². The zero-order valence-corrected chi connectivity index (χ0v) is 10.2. The molecule has 6 nitrogen and oxygen atoms in total. The number of rotatable bonds is 4. The Morgan fingerprint density at radius 1 is 1.53 bits per heavy atom. The van der Waals surface area contributed by atoms with Crippen molar-refractivity contribution < 1.29 is 14.1 Å². The Hall–Kier alpha value is -1.59. The highest BCUT2D eigenvalue weighted by atomic mass is 16.5. The third-order valence-corrected chi connectivity index (χ3v) is 2.83. The second kappa shape index (κ2) is 5.16. The lowest BCUT2D eigenvalue weighted by atomic mass is 10.2. The third-order valence-electron chi connectivity index (χ3n) is 2.83. The lowest BCUT2D eigenvalue weighted by Gasteiger charge is -2.10. The van der Waals surface area contributed by atoms with E-state index >= 15 is 0 Å². The molecule has 2 rings (SSSR count). The van der Waals surface area contributed by atoms with Crippen molar-refractivity contribution >= 4 is 11.9 Å². The van der Waals surface area contributed by atoms with E-state index < -0.39 is 5.92 Å². The summed E-state index contributed by atoms with van der Waals surface area (Å²) in [6.07, 6.45) is 2.30. The van der Waals surface area contributed by atoms with Crippen molar-refractivity contribution in [1.29, 1.82) is 0 Å². The van der Waals surface area contributed by atoms with Crippen LogP contribution in [0, 0.1) is 0 Å². The lowest BCUT2D eigenvalue weighted by Crippen LogP contribution is -2.19. The van der Waals surface area contributed by atoms with Gasteiger partial charge in [0.2, 0.25) is 5.89 Å². The van der Waals surface area contributed by atoms with Crippen LogP contribution in [-0.4, -0.2) is 35.8 Å². The number of hydrogen-bond donors (Lipinski definition) is 0. The Kier molecular flexibility index (Phi) is 3.61. The van der Waals surface area contributed by atoms with Crippen LogP contribution in [0.3, 0.4) is 0 Å². The average Bonchev–Trinajstić information content (AvgIpc) is 2.98. The quantitative estimate of drug-likeness (QED) is 0.738. The van der Waals surface area contributed by atoms with Crippen LogP contribution >= 0.6 is 0 Å². The Labute approximate surface area is 99.9 Å². The third kappa shape index (κ3) is 2.57. The van der Waals surface area contributed by atoms with Crippen LogP contribution in [0.2, 0.25) is 0 Å². The molecule has 6 heteroatoms. The maximum Gasteiger partial charge on any atom is 0.318 e. The van der Waals surface area contributed by atoms with E-state index in [1.54, 1.807) is 13.8 Å². The first-order chi connectivity index (χ1) is 8.22. The fraction of sp³-hybridized carbons (Fsp3) is 0.727. The van der Waals surface area contributed by atoms with E-state index in [0.717, 1.165) is 25.9 Å². The van der Waals surface area contributed by atoms with E-state index in [9.17, 15) is 4.79 Å². The molecule has 0 aromatic carbocycles. The molecular formula is C11H17N3O3. The van der Waals surface area contributed by atoms with Crippen LogP contribution in [0.15, 0.2) is 4.52 Å². The predicted molar refractivity (Wildman–Crippen MR) is 60.8 cm³/mol. The van der Waals surface area contributed by atoms with Crippen molar-refractivity contribution in [2.75, 3.05) is 24.6 Å². The van der Waals surface area contributed by atoms with Gasteiger partial charge in [0, 0.05) is 13.1 Å². The van der Waals surface area contributed by atoms with Crippen LogP contribution in [0.1, 0.15) is 38.5 Å². The minimum Gasteiger partial charge on any atom is -0.465 e. The van der Waals surface area contributed by atoms with E-state index in [2.05, 4.69) is 15.0 Å².